The summed E-state index contributed by atoms with van der Waals surface area (Å²) < 4.78 is 0. The van der Waals surface area contributed by atoms with E-state index in [1.54, 1.807) is 0 Å². The summed E-state index contributed by atoms with van der Waals surface area (Å²) in [6.45, 7) is 1.99. The van der Waals surface area contributed by atoms with Crippen LogP contribution >= 0.6 is 0 Å². The number of imidazole rings is 1. The number of nitrogens with zero attached hydrogens (tertiary/aromatic N) is 1. The Morgan fingerprint density at radius 2 is 2.20 bits per heavy atom. The fourth-order valence-corrected chi connectivity index (χ4v) is 3.13. The average Bonchev–Trinajstić information content (AvgIpc) is 3.31. The van der Waals surface area contributed by atoms with Crippen LogP contribution in [-0.2, 0) is 4.79 Å². The SMILES string of the molecule is C[C@H](NC(=O)[C@@H]1C[C@@H]1C1CC1)c1nc2ccccc2[nH]1. The Hall–Kier alpha value is -1.84. The summed E-state index contributed by atoms with van der Waals surface area (Å²) in [6, 6.07) is 7.88. The zero-order valence-electron chi connectivity index (χ0n) is 11.6. The summed E-state index contributed by atoms with van der Waals surface area (Å²) >= 11 is 0. The van der Waals surface area contributed by atoms with Gasteiger partial charge < -0.3 is 10.3 Å². The zero-order valence-corrected chi connectivity index (χ0v) is 11.6. The molecule has 0 radical (unpaired) electrons. The third-order valence-corrected chi connectivity index (χ3v) is 4.58. The van der Waals surface area contributed by atoms with Crippen LogP contribution in [0.15, 0.2) is 24.3 Å². The van der Waals surface area contributed by atoms with Crippen LogP contribution in [0.1, 0.15) is 38.1 Å². The van der Waals surface area contributed by atoms with Gasteiger partial charge in [-0.25, -0.2) is 4.98 Å². The largest absolute Gasteiger partial charge is 0.346 e. The van der Waals surface area contributed by atoms with Crippen molar-refractivity contribution in [3.05, 3.63) is 30.1 Å². The van der Waals surface area contributed by atoms with Crippen LogP contribution in [0, 0.1) is 17.8 Å². The molecule has 0 bridgehead atoms. The standard InChI is InChI=1S/C16H19N3O/c1-9(15-18-13-4-2-3-5-14(13)19-15)17-16(20)12-8-11(12)10-6-7-10/h2-5,9-12H,6-8H2,1H3,(H,17,20)(H,18,19)/t9-,11+,12+/m0/s1. The van der Waals surface area contributed by atoms with Crippen LogP contribution in [0.3, 0.4) is 0 Å². The Balaban J connectivity index is 1.44. The van der Waals surface area contributed by atoms with Crippen LogP contribution in [0.2, 0.25) is 0 Å². The molecule has 4 nitrogen and oxygen atoms in total. The van der Waals surface area contributed by atoms with Gasteiger partial charge in [-0.15, -0.1) is 0 Å². The quantitative estimate of drug-likeness (QED) is 0.896. The fourth-order valence-electron chi connectivity index (χ4n) is 3.13. The predicted octanol–water partition coefficient (Wildman–Crippen LogP) is 2.79. The van der Waals surface area contributed by atoms with E-state index in [4.69, 9.17) is 0 Å². The molecule has 1 amide bonds. The van der Waals surface area contributed by atoms with Gasteiger partial charge in [-0.1, -0.05) is 12.1 Å². The molecule has 0 saturated heterocycles. The first-order valence-electron chi connectivity index (χ1n) is 7.47. The van der Waals surface area contributed by atoms with Crippen LogP contribution < -0.4 is 5.32 Å². The second kappa shape index (κ2) is 4.33. The van der Waals surface area contributed by atoms with Gasteiger partial charge in [0, 0.05) is 5.92 Å². The number of carbonyl (C=O) groups is 1. The van der Waals surface area contributed by atoms with E-state index in [1.807, 2.05) is 31.2 Å². The number of carbonyl (C=O) groups excluding carboxylic acids is 1. The number of hydrogen-bond donors (Lipinski definition) is 2. The maximum atomic E-state index is 12.2. The van der Waals surface area contributed by atoms with Gasteiger partial charge in [-0.2, -0.15) is 0 Å². The highest BCUT2D eigenvalue weighted by molar-refractivity contribution is 5.82. The molecule has 2 fully saturated rings. The molecule has 0 aliphatic heterocycles. The first-order valence-corrected chi connectivity index (χ1v) is 7.47. The minimum atomic E-state index is -0.0599. The van der Waals surface area contributed by atoms with E-state index in [2.05, 4.69) is 15.3 Å². The van der Waals surface area contributed by atoms with Gasteiger partial charge in [-0.05, 0) is 50.2 Å². The van der Waals surface area contributed by atoms with Crippen molar-refractivity contribution in [3.63, 3.8) is 0 Å². The zero-order chi connectivity index (χ0) is 13.7. The Labute approximate surface area is 118 Å². The molecule has 2 aromatic rings. The minimum Gasteiger partial charge on any atom is -0.346 e. The molecule has 4 rings (SSSR count). The van der Waals surface area contributed by atoms with Gasteiger partial charge in [0.15, 0.2) is 0 Å². The smallest absolute Gasteiger partial charge is 0.223 e. The lowest BCUT2D eigenvalue weighted by atomic mass is 10.2. The third-order valence-electron chi connectivity index (χ3n) is 4.58. The summed E-state index contributed by atoms with van der Waals surface area (Å²) in [5, 5.41) is 3.10. The van der Waals surface area contributed by atoms with Crippen molar-refractivity contribution in [2.45, 2.75) is 32.2 Å². The number of aromatic amines is 1. The van der Waals surface area contributed by atoms with Gasteiger partial charge in [0.1, 0.15) is 5.82 Å². The number of hydrogen-bond acceptors (Lipinski definition) is 2. The van der Waals surface area contributed by atoms with E-state index >= 15 is 0 Å². The molecular weight excluding hydrogens is 250 g/mol. The molecule has 2 aliphatic carbocycles. The number of para-hydroxylation sites is 2. The first kappa shape index (κ1) is 11.9. The molecule has 1 aromatic heterocycles. The monoisotopic (exact) mass is 269 g/mol. The number of nitrogens with one attached hydrogen (secondary N) is 2. The molecular formula is C16H19N3O. The molecule has 104 valence electrons. The molecule has 2 N–H and O–H groups in total. The van der Waals surface area contributed by atoms with E-state index < -0.39 is 0 Å². The van der Waals surface area contributed by atoms with Crippen molar-refractivity contribution in [2.75, 3.05) is 0 Å². The van der Waals surface area contributed by atoms with Gasteiger partial charge in [0.25, 0.3) is 0 Å². The summed E-state index contributed by atoms with van der Waals surface area (Å²) in [5.41, 5.74) is 1.97. The fraction of sp³-hybridized carbons (Fsp3) is 0.500. The maximum Gasteiger partial charge on any atom is 0.223 e. The molecule has 2 aliphatic rings. The summed E-state index contributed by atoms with van der Waals surface area (Å²) in [4.78, 5) is 20.0. The highest BCUT2D eigenvalue weighted by Gasteiger charge is 2.51. The topological polar surface area (TPSA) is 57.8 Å². The Kier molecular flexibility index (Phi) is 2.59. The lowest BCUT2D eigenvalue weighted by molar-refractivity contribution is -0.123. The second-order valence-corrected chi connectivity index (χ2v) is 6.21. The van der Waals surface area contributed by atoms with Gasteiger partial charge in [-0.3, -0.25) is 4.79 Å². The highest BCUT2D eigenvalue weighted by atomic mass is 16.2. The Bertz CT molecular complexity index is 626. The van der Waals surface area contributed by atoms with Crippen molar-refractivity contribution in [1.29, 1.82) is 0 Å². The third kappa shape index (κ3) is 2.09. The molecule has 2 saturated carbocycles. The van der Waals surface area contributed by atoms with Crippen molar-refractivity contribution < 1.29 is 4.79 Å². The molecule has 1 aromatic carbocycles. The molecule has 3 atom stereocenters. The molecule has 1 heterocycles. The maximum absolute atomic E-state index is 12.2. The minimum absolute atomic E-state index is 0.0599. The van der Waals surface area contributed by atoms with Crippen LogP contribution in [-0.4, -0.2) is 15.9 Å². The van der Waals surface area contributed by atoms with Crippen molar-refractivity contribution >= 4 is 16.9 Å². The number of H-pyrrole nitrogens is 1. The summed E-state index contributed by atoms with van der Waals surface area (Å²) in [6.07, 6.45) is 3.74. The molecule has 4 heteroatoms. The number of rotatable bonds is 4. The van der Waals surface area contributed by atoms with E-state index in [-0.39, 0.29) is 17.9 Å². The van der Waals surface area contributed by atoms with Crippen molar-refractivity contribution in [2.24, 2.45) is 17.8 Å². The van der Waals surface area contributed by atoms with Gasteiger partial charge in [0.2, 0.25) is 5.91 Å². The molecule has 0 unspecified atom stereocenters. The number of fused-ring (bicyclic) bond motifs is 1. The van der Waals surface area contributed by atoms with Gasteiger partial charge in [0.05, 0.1) is 17.1 Å². The van der Waals surface area contributed by atoms with Crippen LogP contribution in [0.4, 0.5) is 0 Å². The van der Waals surface area contributed by atoms with Crippen LogP contribution in [0.5, 0.6) is 0 Å². The normalized spacial score (nSPS) is 26.4. The average molecular weight is 269 g/mol. The lowest BCUT2D eigenvalue weighted by Crippen LogP contribution is -2.29. The number of aromatic nitrogens is 2. The first-order chi connectivity index (χ1) is 9.72. The Morgan fingerprint density at radius 1 is 1.40 bits per heavy atom. The highest BCUT2D eigenvalue weighted by Crippen LogP contribution is 2.54. The van der Waals surface area contributed by atoms with Crippen LogP contribution in [0.25, 0.3) is 11.0 Å². The van der Waals surface area contributed by atoms with Gasteiger partial charge >= 0.3 is 0 Å². The van der Waals surface area contributed by atoms with E-state index in [9.17, 15) is 4.79 Å². The van der Waals surface area contributed by atoms with Crippen molar-refractivity contribution in [3.8, 4) is 0 Å². The predicted molar refractivity (Wildman–Crippen MR) is 77.0 cm³/mol. The Morgan fingerprint density at radius 3 is 2.95 bits per heavy atom. The number of amides is 1. The van der Waals surface area contributed by atoms with E-state index in [1.165, 1.54) is 12.8 Å². The lowest BCUT2D eigenvalue weighted by Gasteiger charge is -2.11. The van der Waals surface area contributed by atoms with Crippen molar-refractivity contribution in [1.82, 2.24) is 15.3 Å². The second-order valence-electron chi connectivity index (χ2n) is 6.21. The number of benzene rings is 1. The molecule has 0 spiro atoms. The summed E-state index contributed by atoms with van der Waals surface area (Å²) in [7, 11) is 0. The van der Waals surface area contributed by atoms with E-state index in [0.717, 1.165) is 29.2 Å². The molecule has 20 heavy (non-hydrogen) atoms. The summed E-state index contributed by atoms with van der Waals surface area (Å²) in [5.74, 6) is 2.80. The van der Waals surface area contributed by atoms with E-state index in [0.29, 0.717) is 5.92 Å².